The van der Waals surface area contributed by atoms with Gasteiger partial charge in [0.05, 0.1) is 25.7 Å². The minimum absolute atomic E-state index is 0.0204. The van der Waals surface area contributed by atoms with Gasteiger partial charge in [0.2, 0.25) is 82.7 Å². The number of likely N-dealkylation sites (N-methyl/N-ethyl adjacent to an activating group) is 2. The highest BCUT2D eigenvalue weighted by Gasteiger charge is 2.47. The number of aliphatic hydroxyl groups excluding tert-OH is 1. The molecule has 14 amide bonds. The van der Waals surface area contributed by atoms with Crippen molar-refractivity contribution in [1.29, 1.82) is 0 Å². The van der Waals surface area contributed by atoms with Crippen LogP contribution in [0.15, 0.2) is 85.2 Å². The molecular weight excluding hydrogens is 1690 g/mol. The molecule has 9 rings (SSSR count). The number of benzene rings is 3. The van der Waals surface area contributed by atoms with Crippen LogP contribution in [0.3, 0.4) is 0 Å². The maximum atomic E-state index is 15.9. The number of carbonyl (C=O) groups excluding carboxylic acids is 15. The summed E-state index contributed by atoms with van der Waals surface area (Å²) in [4.78, 5) is 257. The first-order valence-electron chi connectivity index (χ1n) is 45.5. The lowest BCUT2D eigenvalue weighted by Crippen LogP contribution is -2.62. The smallest absolute Gasteiger partial charge is 0.323 e. The number of carbonyl (C=O) groups is 17. The molecular formula is C92H130N18O21. The molecule has 14 atom stereocenters. The predicted molar refractivity (Wildman–Crippen MR) is 481 cm³/mol. The highest BCUT2D eigenvalue weighted by atomic mass is 16.5. The number of H-pyrrole nitrogens is 1. The molecule has 0 spiro atoms. The Bertz CT molecular complexity index is 4900. The maximum absolute atomic E-state index is 15.9. The second-order valence-electron chi connectivity index (χ2n) is 35.0. The van der Waals surface area contributed by atoms with E-state index in [0.717, 1.165) is 9.80 Å². The number of aliphatic carboxylic acids is 2. The standard InChI is InChI=1S/C92H130N18O21/c1-8-10-24-71-85(123)101-65(41-53(3)4)82(120)96-38-18-16-29-78(114)98-66(42-54-30-32-59(131-7)33-31-54)90(128)108-39-19-17-27-72(108)86(124)103-68(47-77(95)113)91(129)109-40-20-28-73(109)87(125)104-69(48-94)84(122)100-64(34-35-79(115)116)89(127)110-51-58(111)46-75(110)76(112)45-55(43-56-49-97-62-23-14-12-21-60(56)62)81(119)99-63(36-37-93)83(121)102-67(88(126)106(6)74(25-11-9-2)92(130)105(71)5)44-57-50-107(52-80(117)118)70-26-15-13-22-61(57)70/h12-15,21-23,26,30-33,49-50,53,55,58,63-69,71-75,97,111H,8-11,16-20,24-25,27-29,34-48,51-52,93-94H2,1-7H3,(H2,95,113)(H,96,120)(H,98,114)(H,99,119)(H,100,122)(H,101,123)(H,102,121)(H,103,124)(H,104,125)(H,115,116)(H,117,118)/t55-,58-,63+,64+,65+,66+,67+,68+,69+,71+,72+,73+,74+,75+/m1/s1. The molecule has 6 heterocycles. The lowest BCUT2D eigenvalue weighted by atomic mass is 9.90. The van der Waals surface area contributed by atoms with Gasteiger partial charge in [0, 0.05) is 125 Å². The molecule has 2 aromatic heterocycles. The van der Waals surface area contributed by atoms with E-state index in [-0.39, 0.29) is 116 Å². The van der Waals surface area contributed by atoms with E-state index in [1.54, 1.807) is 79.0 Å². The molecule has 4 saturated heterocycles. The predicted octanol–water partition coefficient (Wildman–Crippen LogP) is 0.975. The number of hydrogen-bond acceptors (Lipinski definition) is 21. The molecule has 3 aromatic carbocycles. The number of hydrogen-bond donors (Lipinski definition) is 15. The third kappa shape index (κ3) is 27.8. The van der Waals surface area contributed by atoms with Crippen molar-refractivity contribution < 1.29 is 102 Å². The van der Waals surface area contributed by atoms with Crippen LogP contribution in [-0.2, 0) is 107 Å². The minimum Gasteiger partial charge on any atom is -0.497 e. The first-order valence-corrected chi connectivity index (χ1v) is 45.5. The van der Waals surface area contributed by atoms with E-state index in [1.165, 1.54) is 46.7 Å². The number of amides is 14. The van der Waals surface area contributed by atoms with Crippen LogP contribution in [0.4, 0.5) is 0 Å². The number of nitrogens with zero attached hydrogens (tertiary/aromatic N) is 6. The number of ether oxygens (including phenoxy) is 1. The number of ketones is 1. The summed E-state index contributed by atoms with van der Waals surface area (Å²) < 4.78 is 6.84. The van der Waals surface area contributed by atoms with Crippen molar-refractivity contribution in [3.63, 3.8) is 0 Å². The van der Waals surface area contributed by atoms with Crippen LogP contribution < -0.4 is 64.5 Å². The third-order valence-corrected chi connectivity index (χ3v) is 24.9. The summed E-state index contributed by atoms with van der Waals surface area (Å²) >= 11 is 0. The number of unbranched alkanes of at least 4 members (excludes halogenated alkanes) is 2. The summed E-state index contributed by atoms with van der Waals surface area (Å²) in [5, 5.41) is 54.7. The van der Waals surface area contributed by atoms with Gasteiger partial charge in [0.1, 0.15) is 78.8 Å². The SMILES string of the molecule is CCCC[C@H]1C(=O)N(C)[C@@H](CCCC)C(=O)N[C@@H](CC(C)C)C(=O)NCCCCC(=O)N[C@@H](Cc2ccc(OC)cc2)C(=O)N2CCCC[C@H]2C(=O)N[C@@H](CC(N)=O)C(=O)N2CCC[C@H]2C(=O)N[C@@H](CN)C(=O)N[C@@H](CCC(=O)O)C(=O)N2C[C@H](O)C[C@H]2C(=O)C[C@@H](Cc2c[nH]c3ccccc23)C(=O)N[C@@H](CCN)C(=O)N[C@@H](Cc2cn(CC(=O)O)c3ccccc23)C(=O)N1C. The van der Waals surface area contributed by atoms with E-state index in [1.807, 2.05) is 27.7 Å². The average Bonchev–Trinajstić information content (AvgIpc) is 1.63. The summed E-state index contributed by atoms with van der Waals surface area (Å²) in [7, 11) is 4.29. The van der Waals surface area contributed by atoms with Gasteiger partial charge in [0.25, 0.3) is 0 Å². The van der Waals surface area contributed by atoms with Gasteiger partial charge in [0.15, 0.2) is 5.78 Å². The van der Waals surface area contributed by atoms with Gasteiger partial charge in [-0.1, -0.05) is 102 Å². The second kappa shape index (κ2) is 49.0. The van der Waals surface area contributed by atoms with Gasteiger partial charge in [-0.25, -0.2) is 0 Å². The molecule has 0 unspecified atom stereocenters. The van der Waals surface area contributed by atoms with Gasteiger partial charge in [-0.15, -0.1) is 0 Å². The van der Waals surface area contributed by atoms with Gasteiger partial charge in [-0.3, -0.25) is 81.5 Å². The fourth-order valence-corrected chi connectivity index (χ4v) is 17.8. The van der Waals surface area contributed by atoms with E-state index in [0.29, 0.717) is 82.8 Å². The lowest BCUT2D eigenvalue weighted by Gasteiger charge is -2.38. The number of aliphatic hydroxyl groups is 1. The number of carboxylic acid groups (broad SMARTS) is 2. The molecule has 5 aromatic rings. The molecule has 18 N–H and O–H groups in total. The van der Waals surface area contributed by atoms with Crippen molar-refractivity contribution in [2.75, 3.05) is 60.5 Å². The molecule has 39 heteroatoms. The highest BCUT2D eigenvalue weighted by Crippen LogP contribution is 2.31. The largest absolute Gasteiger partial charge is 0.497 e. The van der Waals surface area contributed by atoms with E-state index >= 15 is 38.4 Å². The highest BCUT2D eigenvalue weighted by molar-refractivity contribution is 6.02. The van der Waals surface area contributed by atoms with Crippen LogP contribution in [0.25, 0.3) is 21.8 Å². The van der Waals surface area contributed by atoms with Crippen LogP contribution in [-0.4, -0.2) is 289 Å². The Kier molecular flexibility index (Phi) is 38.3. The molecule has 4 aliphatic rings. The zero-order valence-corrected chi connectivity index (χ0v) is 75.8. The quantitative estimate of drug-likeness (QED) is 0.0387. The Balaban J connectivity index is 1.08. The van der Waals surface area contributed by atoms with Crippen LogP contribution in [0.5, 0.6) is 5.75 Å². The molecule has 714 valence electrons. The monoisotopic (exact) mass is 1820 g/mol. The summed E-state index contributed by atoms with van der Waals surface area (Å²) in [6, 6.07) is 3.05. The molecule has 39 nitrogen and oxygen atoms in total. The average molecular weight is 1820 g/mol. The normalized spacial score (nSPS) is 25.2. The van der Waals surface area contributed by atoms with E-state index in [4.69, 9.17) is 21.9 Å². The lowest BCUT2D eigenvalue weighted by molar-refractivity contribution is -0.149. The topological polar surface area (TPSA) is 571 Å². The molecule has 0 radical (unpaired) electrons. The molecule has 4 aliphatic heterocycles. The number of piperidine rings is 1. The fourth-order valence-electron chi connectivity index (χ4n) is 17.8. The van der Waals surface area contributed by atoms with Gasteiger partial charge in [-0.2, -0.15) is 0 Å². The number of aromatic amines is 1. The summed E-state index contributed by atoms with van der Waals surface area (Å²) in [5.41, 5.74) is 20.8. The summed E-state index contributed by atoms with van der Waals surface area (Å²) in [5.74, 6) is -16.2. The van der Waals surface area contributed by atoms with E-state index in [2.05, 4.69) is 47.5 Å². The van der Waals surface area contributed by atoms with Crippen molar-refractivity contribution in [2.45, 2.75) is 267 Å². The van der Waals surface area contributed by atoms with Crippen molar-refractivity contribution in [2.24, 2.45) is 29.0 Å². The summed E-state index contributed by atoms with van der Waals surface area (Å²) in [6.07, 6.45) is 1.25. The van der Waals surface area contributed by atoms with Gasteiger partial charge >= 0.3 is 11.9 Å². The third-order valence-electron chi connectivity index (χ3n) is 24.9. The number of rotatable bonds is 25. The first kappa shape index (κ1) is 102. The maximum Gasteiger partial charge on any atom is 0.323 e. The van der Waals surface area contributed by atoms with Crippen molar-refractivity contribution in [1.82, 2.24) is 76.6 Å². The van der Waals surface area contributed by atoms with Crippen LogP contribution in [0.1, 0.15) is 179 Å². The van der Waals surface area contributed by atoms with Crippen LogP contribution >= 0.6 is 0 Å². The Hall–Kier alpha value is -12.4. The number of nitrogens with one attached hydrogen (secondary N) is 9. The van der Waals surface area contributed by atoms with Gasteiger partial charge < -0.3 is 114 Å². The number of carboxylic acids is 2. The fraction of sp³-hybridized carbons (Fsp3) is 0.576. The van der Waals surface area contributed by atoms with Crippen molar-refractivity contribution in [3.05, 3.63) is 102 Å². The van der Waals surface area contributed by atoms with Gasteiger partial charge in [-0.05, 0) is 137 Å². The zero-order chi connectivity index (χ0) is 95.4. The zero-order valence-electron chi connectivity index (χ0n) is 75.8. The molecule has 4 fully saturated rings. The minimum atomic E-state index is -1.79. The second-order valence-corrected chi connectivity index (χ2v) is 35.0. The Morgan fingerprint density at radius 1 is 0.542 bits per heavy atom. The number of nitrogens with two attached hydrogens (primary N) is 3. The number of aromatic nitrogens is 2. The molecule has 131 heavy (non-hydrogen) atoms. The number of fused-ring (bicyclic) bond motifs is 5. The van der Waals surface area contributed by atoms with Crippen molar-refractivity contribution >= 4 is 122 Å². The Morgan fingerprint density at radius 2 is 1.13 bits per heavy atom. The van der Waals surface area contributed by atoms with Crippen molar-refractivity contribution in [3.8, 4) is 5.75 Å². The van der Waals surface area contributed by atoms with Crippen LogP contribution in [0.2, 0.25) is 0 Å². The Morgan fingerprint density at radius 3 is 1.78 bits per heavy atom. The van der Waals surface area contributed by atoms with E-state index < -0.39 is 237 Å². The first-order chi connectivity index (χ1) is 62.6. The van der Waals surface area contributed by atoms with E-state index in [9.17, 15) is 58.5 Å². The number of para-hydroxylation sites is 2. The molecule has 0 saturated carbocycles. The number of methoxy groups -OCH3 is 1. The number of primary amides is 1. The number of Topliss-reactive ketones (excluding diaryl/α,β-unsaturated/α-hetero) is 1. The molecule has 0 aliphatic carbocycles. The molecule has 0 bridgehead atoms. The Labute approximate surface area is 761 Å². The van der Waals surface area contributed by atoms with Crippen LogP contribution in [0, 0.1) is 11.8 Å². The summed E-state index contributed by atoms with van der Waals surface area (Å²) in [6.45, 7) is 5.49.